The third-order valence-electron chi connectivity index (χ3n) is 27.5. The highest BCUT2D eigenvalue weighted by Gasteiger charge is 2.62. The number of amides is 2. The van der Waals surface area contributed by atoms with E-state index in [2.05, 4.69) is 59.1 Å². The van der Waals surface area contributed by atoms with Gasteiger partial charge >= 0.3 is 54.0 Å². The number of alkyl halides is 6. The van der Waals surface area contributed by atoms with E-state index < -0.39 is 107 Å². The van der Waals surface area contributed by atoms with Crippen molar-refractivity contribution in [2.75, 3.05) is 131 Å². The molecule has 6 saturated heterocycles. The number of carbonyl (C=O) groups excluding carboxylic acids is 6. The van der Waals surface area contributed by atoms with Crippen molar-refractivity contribution < 1.29 is 128 Å². The van der Waals surface area contributed by atoms with Crippen molar-refractivity contribution in [1.29, 1.82) is 0 Å². The van der Waals surface area contributed by atoms with E-state index in [4.69, 9.17) is 38.3 Å². The Morgan fingerprint density at radius 1 is 0.460 bits per heavy atom. The normalized spacial score (nSPS) is 27.4. The van der Waals surface area contributed by atoms with Crippen molar-refractivity contribution in [3.8, 4) is 0 Å². The molecule has 14 fully saturated rings. The van der Waals surface area contributed by atoms with Crippen LogP contribution in [-0.4, -0.2) is 285 Å². The van der Waals surface area contributed by atoms with Crippen LogP contribution in [-0.2, 0) is 95.3 Å². The van der Waals surface area contributed by atoms with Gasteiger partial charge in [0.1, 0.15) is 0 Å². The number of piperidine rings is 3. The van der Waals surface area contributed by atoms with E-state index in [1.165, 1.54) is 12.0 Å². The highest BCUT2D eigenvalue weighted by molar-refractivity contribution is 7.86. The molecule has 3 aromatic rings. The zero-order valence-electron chi connectivity index (χ0n) is 73.1. The first-order valence-electron chi connectivity index (χ1n) is 44.7. The number of nitrogens with one attached hydrogen (secondary N) is 2. The van der Waals surface area contributed by atoms with Gasteiger partial charge in [0.15, 0.2) is 0 Å². The average molecular weight is 1820 g/mol. The summed E-state index contributed by atoms with van der Waals surface area (Å²) in [6, 6.07) is 28.8. The molecule has 3 aromatic carbocycles. The lowest BCUT2D eigenvalue weighted by atomic mass is 9.86. The van der Waals surface area contributed by atoms with E-state index in [0.717, 1.165) is 156 Å². The van der Waals surface area contributed by atoms with Gasteiger partial charge in [-0.15, -0.1) is 0 Å². The number of carbonyl (C=O) groups is 7. The van der Waals surface area contributed by atoms with Gasteiger partial charge in [-0.1, -0.05) is 91.0 Å². The summed E-state index contributed by atoms with van der Waals surface area (Å²) in [7, 11) is -6.95. The first-order chi connectivity index (χ1) is 59.7. The zero-order chi connectivity index (χ0) is 90.9. The summed E-state index contributed by atoms with van der Waals surface area (Å²) in [6.07, 6.45) is 9.03. The van der Waals surface area contributed by atoms with Crippen LogP contribution in [0.1, 0.15) is 203 Å². The summed E-state index contributed by atoms with van der Waals surface area (Å²) in [5.74, 6) is -4.60. The number of aliphatic hydroxyl groups is 1. The fraction of sp³-hybridized carbons (Fsp3) is 0.722. The number of rotatable bonds is 29. The molecular formula is C90H126F6N6O22S2. The molecule has 0 radical (unpaired) electrons. The molecule has 0 aromatic heterocycles. The van der Waals surface area contributed by atoms with Crippen molar-refractivity contribution in [3.63, 3.8) is 0 Å². The number of hydrogen-bond acceptors (Lipinski definition) is 25. The van der Waals surface area contributed by atoms with Crippen LogP contribution in [0.25, 0.3) is 0 Å². The minimum atomic E-state index is -4.91. The Bertz CT molecular complexity index is 4370. The van der Waals surface area contributed by atoms with E-state index in [9.17, 15) is 81.8 Å². The van der Waals surface area contributed by atoms with Crippen LogP contribution in [0, 0.1) is 27.1 Å². The Balaban J connectivity index is 0.000000144. The SMILES string of the molecule is CCOC(=O)C1(CN2CCC3(CC2)CC(N(C(=O)C(F)(F)F)[C@@H]2C[C@H]2c2ccccc2)CO3)CC1.CCOC(=O)C1(CO)CC1.CCOC(=O)C1(COS(C)(=O)=O)CC1.CCOC(=O)C1(COS(C)(=O)=O)CC1.O=C(N(C1COC2(CCNCC2)C1)[C@@H]1C[C@H]1c1ccccc1)C(F)(F)F.O=C(O)C1(CN2CCC3(CC2)CC(N[C@@H]2C[C@H]2c2ccccc2)CO3)CC1. The van der Waals surface area contributed by atoms with E-state index in [1.807, 2.05) is 67.6 Å². The number of aliphatic hydroxyl groups excluding tert-OH is 1. The summed E-state index contributed by atoms with van der Waals surface area (Å²) in [6.45, 7) is 15.6. The summed E-state index contributed by atoms with van der Waals surface area (Å²) in [5, 5.41) is 25.2. The fourth-order valence-corrected chi connectivity index (χ4v) is 19.6. The second-order valence-corrected chi connectivity index (χ2v) is 40.5. The van der Waals surface area contributed by atoms with Gasteiger partial charge in [0.25, 0.3) is 20.2 Å². The molecule has 28 nitrogen and oxygen atoms in total. The Labute approximate surface area is 734 Å². The van der Waals surface area contributed by atoms with Gasteiger partial charge in [0, 0.05) is 81.2 Å². The number of ether oxygens (including phenoxy) is 7. The fourth-order valence-electron chi connectivity index (χ4n) is 18.7. The van der Waals surface area contributed by atoms with Crippen LogP contribution in [0.15, 0.2) is 91.0 Å². The van der Waals surface area contributed by atoms with E-state index in [0.29, 0.717) is 115 Å². The predicted molar refractivity (Wildman–Crippen MR) is 448 cm³/mol. The van der Waals surface area contributed by atoms with Crippen LogP contribution in [0.2, 0.25) is 0 Å². The zero-order valence-corrected chi connectivity index (χ0v) is 74.7. The van der Waals surface area contributed by atoms with Crippen molar-refractivity contribution in [2.45, 2.75) is 252 Å². The standard InChI is InChI=1S/C26H33F3N2O4.C22H30N2O3.C19H23F3N2O2.2C8H14O5S.C7H12O3/c1-2-34-23(33)24(8-9-24)17-30-12-10-25(11-13-30)15-19(16-35-25)31(22(32)26(27,28)29)21-14-20(21)18-6-4-3-5-7-18;25-20(26)21(6-7-21)15-24-10-8-22(9-11-24)13-17(14-27-22)23-19-12-18(19)16-4-2-1-3-5-16;20-19(21,22)17(25)24(16-10-15(16)13-4-2-1-3-5-13)14-11-18(26-12-14)6-8-23-9-7-18;2*1-3-12-7(9)8(4-5-8)6-13-14(2,10)11;1-2-10-6(9)7(5-8)3-4-7/h3-7,19-21H,2,8-17H2,1H3;1-5,17-19,23H,6-15H2,(H,25,26);1-5,14-16,23H,6-12H2;2*3-6H2,1-2H3;8H,2-5H2,1H3/t19?,20-,21+;17?,18-,19+;14?,15-,16+;;;/m000.../s1. The summed E-state index contributed by atoms with van der Waals surface area (Å²) >= 11 is 0. The summed E-state index contributed by atoms with van der Waals surface area (Å²) < 4.78 is 171. The molecule has 702 valence electrons. The van der Waals surface area contributed by atoms with Gasteiger partial charge in [-0.25, -0.2) is 0 Å². The van der Waals surface area contributed by atoms with Gasteiger partial charge < -0.3 is 73.6 Å². The largest absolute Gasteiger partial charge is 0.481 e. The Kier molecular flexibility index (Phi) is 31.4. The molecule has 6 heterocycles. The van der Waals surface area contributed by atoms with Crippen molar-refractivity contribution in [1.82, 2.24) is 30.2 Å². The molecule has 14 aliphatic rings. The highest BCUT2D eigenvalue weighted by atomic mass is 32.2. The Morgan fingerprint density at radius 3 is 1.13 bits per heavy atom. The molecule has 3 unspecified atom stereocenters. The molecule has 8 saturated carbocycles. The lowest BCUT2D eigenvalue weighted by Gasteiger charge is -2.40. The number of halogens is 6. The number of nitrogens with zero attached hydrogens (tertiary/aromatic N) is 4. The van der Waals surface area contributed by atoms with Crippen LogP contribution in [0.3, 0.4) is 0 Å². The van der Waals surface area contributed by atoms with Crippen molar-refractivity contribution >= 4 is 61.9 Å². The molecule has 0 bridgehead atoms. The monoisotopic (exact) mass is 1820 g/mol. The number of aliphatic carboxylic acids is 1. The van der Waals surface area contributed by atoms with Gasteiger partial charge in [-0.3, -0.25) is 41.9 Å². The molecule has 126 heavy (non-hydrogen) atoms. The number of carboxylic acid groups (broad SMARTS) is 1. The molecule has 9 atom stereocenters. The van der Waals surface area contributed by atoms with Crippen LogP contribution >= 0.6 is 0 Å². The molecule has 4 N–H and O–H groups in total. The van der Waals surface area contributed by atoms with E-state index >= 15 is 0 Å². The number of esters is 4. The maximum atomic E-state index is 13.6. The van der Waals surface area contributed by atoms with Gasteiger partial charge in [-0.05, 0) is 199 Å². The minimum absolute atomic E-state index is 0.0191. The third kappa shape index (κ3) is 25.6. The number of benzene rings is 3. The molecule has 17 rings (SSSR count). The average Bonchev–Trinajstić information content (AvgIpc) is 1.59. The molecule has 6 aliphatic heterocycles. The quantitative estimate of drug-likeness (QED) is 0.0217. The maximum Gasteiger partial charge on any atom is 0.471 e. The van der Waals surface area contributed by atoms with E-state index in [-0.39, 0.29) is 79.9 Å². The van der Waals surface area contributed by atoms with Crippen LogP contribution in [0.4, 0.5) is 26.3 Å². The van der Waals surface area contributed by atoms with Gasteiger partial charge in [0.2, 0.25) is 0 Å². The maximum absolute atomic E-state index is 13.6. The summed E-state index contributed by atoms with van der Waals surface area (Å²) in [5.41, 5.74) is -0.190. The molecular weight excluding hydrogens is 1700 g/mol. The van der Waals surface area contributed by atoms with Gasteiger partial charge in [-0.2, -0.15) is 43.2 Å². The minimum Gasteiger partial charge on any atom is -0.481 e. The first kappa shape index (κ1) is 98.1. The van der Waals surface area contributed by atoms with Crippen molar-refractivity contribution in [2.24, 2.45) is 27.1 Å². The number of carboxylic acids is 1. The second kappa shape index (κ2) is 40.4. The van der Waals surface area contributed by atoms with Crippen LogP contribution < -0.4 is 10.6 Å². The lowest BCUT2D eigenvalue weighted by molar-refractivity contribution is -0.188. The third-order valence-corrected chi connectivity index (χ3v) is 28.6. The predicted octanol–water partition coefficient (Wildman–Crippen LogP) is 10.3. The summed E-state index contributed by atoms with van der Waals surface area (Å²) in [4.78, 5) is 88.9. The molecule has 8 aliphatic carbocycles. The highest BCUT2D eigenvalue weighted by Crippen LogP contribution is 2.55. The van der Waals surface area contributed by atoms with Crippen LogP contribution in [0.5, 0.6) is 0 Å². The Hall–Kier alpha value is -6.97. The number of likely N-dealkylation sites (tertiary alicyclic amines) is 2. The smallest absolute Gasteiger partial charge is 0.471 e. The van der Waals surface area contributed by atoms with E-state index in [1.54, 1.807) is 20.8 Å². The first-order valence-corrected chi connectivity index (χ1v) is 48.3. The lowest BCUT2D eigenvalue weighted by Crippen LogP contribution is -2.50. The Morgan fingerprint density at radius 2 is 0.794 bits per heavy atom. The second-order valence-electron chi connectivity index (χ2n) is 37.2. The topological polar surface area (TPSA) is 348 Å². The van der Waals surface area contributed by atoms with Gasteiger partial charge in [0.05, 0.1) is 135 Å². The molecule has 2 amide bonds. The molecule has 3 spiro atoms. The van der Waals surface area contributed by atoms with Crippen molar-refractivity contribution in [3.05, 3.63) is 108 Å². The molecule has 36 heteroatoms. The number of hydrogen-bond donors (Lipinski definition) is 4.